The first-order valence-electron chi connectivity index (χ1n) is 7.23. The van der Waals surface area contributed by atoms with E-state index < -0.39 is 22.5 Å². The van der Waals surface area contributed by atoms with Crippen molar-refractivity contribution in [1.82, 2.24) is 0 Å². The highest BCUT2D eigenvalue weighted by molar-refractivity contribution is 5.81. The van der Waals surface area contributed by atoms with E-state index in [1.54, 1.807) is 20.8 Å². The van der Waals surface area contributed by atoms with Gasteiger partial charge in [0.1, 0.15) is 17.3 Å². The Morgan fingerprint density at radius 1 is 1.39 bits per heavy atom. The Morgan fingerprint density at radius 3 is 2.43 bits per heavy atom. The quantitative estimate of drug-likeness (QED) is 0.507. The van der Waals surface area contributed by atoms with Crippen molar-refractivity contribution in [2.45, 2.75) is 46.3 Å². The van der Waals surface area contributed by atoms with Crippen molar-refractivity contribution in [3.8, 4) is 6.07 Å². The van der Waals surface area contributed by atoms with Crippen LogP contribution in [-0.2, 0) is 9.53 Å². The first-order valence-corrected chi connectivity index (χ1v) is 7.23. The third-order valence-corrected chi connectivity index (χ3v) is 2.96. The zero-order valence-corrected chi connectivity index (χ0v) is 13.9. The van der Waals surface area contributed by atoms with Gasteiger partial charge >= 0.3 is 5.97 Å². The van der Waals surface area contributed by atoms with Gasteiger partial charge in [0.05, 0.1) is 16.6 Å². The highest BCUT2D eigenvalue weighted by atomic mass is 16.6. The predicted molar refractivity (Wildman–Crippen MR) is 85.9 cm³/mol. The average molecular weight is 319 g/mol. The lowest BCUT2D eigenvalue weighted by molar-refractivity contribution is -0.384. The van der Waals surface area contributed by atoms with Crippen molar-refractivity contribution in [2.24, 2.45) is 5.92 Å². The Morgan fingerprint density at radius 2 is 2.00 bits per heavy atom. The number of ether oxygens (including phenoxy) is 1. The van der Waals surface area contributed by atoms with Crippen LogP contribution in [0.15, 0.2) is 18.2 Å². The summed E-state index contributed by atoms with van der Waals surface area (Å²) in [5.74, 6) is -0.619. The smallest absolute Gasteiger partial charge is 0.329 e. The minimum Gasteiger partial charge on any atom is -0.458 e. The van der Waals surface area contributed by atoms with Crippen molar-refractivity contribution >= 4 is 17.3 Å². The van der Waals surface area contributed by atoms with Gasteiger partial charge in [-0.3, -0.25) is 10.1 Å². The molecule has 1 aromatic rings. The van der Waals surface area contributed by atoms with Gasteiger partial charge in [-0.1, -0.05) is 13.8 Å². The molecule has 124 valence electrons. The highest BCUT2D eigenvalue weighted by Gasteiger charge is 2.29. The Bertz CT molecular complexity index is 642. The second-order valence-corrected chi connectivity index (χ2v) is 6.50. The number of anilines is 1. The topological polar surface area (TPSA) is 105 Å². The third kappa shape index (κ3) is 5.25. The molecule has 1 aromatic carbocycles. The van der Waals surface area contributed by atoms with Crippen LogP contribution in [0.5, 0.6) is 0 Å². The molecule has 1 atom stereocenters. The van der Waals surface area contributed by atoms with Crippen molar-refractivity contribution in [3.63, 3.8) is 0 Å². The molecule has 0 aliphatic rings. The third-order valence-electron chi connectivity index (χ3n) is 2.96. The molecule has 0 radical (unpaired) electrons. The molecule has 7 nitrogen and oxygen atoms in total. The number of nitro groups is 1. The fourth-order valence-corrected chi connectivity index (χ4v) is 1.90. The minimum atomic E-state index is -0.735. The second kappa shape index (κ2) is 7.09. The molecular weight excluding hydrogens is 298 g/mol. The molecule has 1 N–H and O–H groups in total. The summed E-state index contributed by atoms with van der Waals surface area (Å²) >= 11 is 0. The molecule has 0 aliphatic carbocycles. The fraction of sp³-hybridized carbons (Fsp3) is 0.500. The maximum absolute atomic E-state index is 12.3. The van der Waals surface area contributed by atoms with E-state index in [4.69, 9.17) is 10.00 Å². The van der Waals surface area contributed by atoms with Crippen LogP contribution >= 0.6 is 0 Å². The molecule has 0 amide bonds. The van der Waals surface area contributed by atoms with Crippen molar-refractivity contribution in [2.75, 3.05) is 5.32 Å². The maximum atomic E-state index is 12.3. The molecule has 0 heterocycles. The van der Waals surface area contributed by atoms with E-state index in [9.17, 15) is 14.9 Å². The van der Waals surface area contributed by atoms with Gasteiger partial charge in [-0.15, -0.1) is 0 Å². The molecule has 0 fully saturated rings. The van der Waals surface area contributed by atoms with E-state index in [1.165, 1.54) is 18.2 Å². The molecular formula is C16H21N3O4. The van der Waals surface area contributed by atoms with Gasteiger partial charge in [-0.25, -0.2) is 4.79 Å². The number of esters is 1. The van der Waals surface area contributed by atoms with Crippen LogP contribution in [0.2, 0.25) is 0 Å². The van der Waals surface area contributed by atoms with Crippen molar-refractivity contribution in [1.29, 1.82) is 5.26 Å². The lowest BCUT2D eigenvalue weighted by Gasteiger charge is -2.27. The normalized spacial score (nSPS) is 12.4. The molecule has 0 unspecified atom stereocenters. The number of carbonyl (C=O) groups is 1. The largest absolute Gasteiger partial charge is 0.458 e. The standard InChI is InChI=1S/C16H21N3O4/c1-10(2)14(15(20)23-16(3,4)5)18-12-7-6-11(9-17)8-13(12)19(21)22/h6-8,10,14,18H,1-5H3/t14-/m1/s1. The number of nitro benzene ring substituents is 1. The predicted octanol–water partition coefficient (Wildman–Crippen LogP) is 3.24. The van der Waals surface area contributed by atoms with E-state index in [2.05, 4.69) is 5.32 Å². The van der Waals surface area contributed by atoms with Gasteiger partial charge in [-0.2, -0.15) is 5.26 Å². The van der Waals surface area contributed by atoms with Crippen molar-refractivity contribution in [3.05, 3.63) is 33.9 Å². The van der Waals surface area contributed by atoms with Gasteiger partial charge in [0.15, 0.2) is 0 Å². The van der Waals surface area contributed by atoms with E-state index >= 15 is 0 Å². The Labute approximate surface area is 135 Å². The van der Waals surface area contributed by atoms with Gasteiger partial charge < -0.3 is 10.1 Å². The number of nitriles is 1. The number of hydrogen-bond donors (Lipinski definition) is 1. The van der Waals surface area contributed by atoms with E-state index in [0.29, 0.717) is 0 Å². The molecule has 0 aromatic heterocycles. The van der Waals surface area contributed by atoms with Gasteiger partial charge in [-0.05, 0) is 38.8 Å². The summed E-state index contributed by atoms with van der Waals surface area (Å²) in [6, 6.07) is 5.18. The van der Waals surface area contributed by atoms with Gasteiger partial charge in [0.25, 0.3) is 5.69 Å². The Hall–Kier alpha value is -2.62. The first-order chi connectivity index (χ1) is 10.5. The second-order valence-electron chi connectivity index (χ2n) is 6.50. The number of nitrogens with one attached hydrogen (secondary N) is 1. The molecule has 0 saturated heterocycles. The molecule has 0 spiro atoms. The first kappa shape index (κ1) is 18.4. The molecule has 0 aliphatic heterocycles. The molecule has 0 bridgehead atoms. The maximum Gasteiger partial charge on any atom is 0.329 e. The van der Waals surface area contributed by atoms with E-state index in [1.807, 2.05) is 19.9 Å². The summed E-state index contributed by atoms with van der Waals surface area (Å²) in [6.07, 6.45) is 0. The number of rotatable bonds is 5. The summed E-state index contributed by atoms with van der Waals surface area (Å²) in [5, 5.41) is 22.9. The Kier molecular flexibility index (Phi) is 5.68. The summed E-state index contributed by atoms with van der Waals surface area (Å²) < 4.78 is 5.35. The van der Waals surface area contributed by atoms with Crippen LogP contribution in [0.3, 0.4) is 0 Å². The van der Waals surface area contributed by atoms with Crippen LogP contribution in [0.4, 0.5) is 11.4 Å². The summed E-state index contributed by atoms with van der Waals surface area (Å²) in [7, 11) is 0. The summed E-state index contributed by atoms with van der Waals surface area (Å²) in [5.41, 5.74) is -0.542. The van der Waals surface area contributed by atoms with Crippen LogP contribution in [0.25, 0.3) is 0 Å². The highest BCUT2D eigenvalue weighted by Crippen LogP contribution is 2.27. The van der Waals surface area contributed by atoms with Crippen molar-refractivity contribution < 1.29 is 14.5 Å². The minimum absolute atomic E-state index is 0.139. The monoisotopic (exact) mass is 319 g/mol. The van der Waals surface area contributed by atoms with Gasteiger partial charge in [0.2, 0.25) is 0 Å². The van der Waals surface area contributed by atoms with Gasteiger partial charge in [0, 0.05) is 6.07 Å². The van der Waals surface area contributed by atoms with Crippen LogP contribution in [0, 0.1) is 27.4 Å². The Balaban J connectivity index is 3.13. The zero-order valence-electron chi connectivity index (χ0n) is 13.9. The number of carbonyl (C=O) groups excluding carboxylic acids is 1. The lowest BCUT2D eigenvalue weighted by Crippen LogP contribution is -2.40. The van der Waals surface area contributed by atoms with E-state index in [0.717, 1.165) is 0 Å². The summed E-state index contributed by atoms with van der Waals surface area (Å²) in [6.45, 7) is 8.90. The number of hydrogen-bond acceptors (Lipinski definition) is 6. The average Bonchev–Trinajstić information content (AvgIpc) is 2.42. The number of nitrogens with zero attached hydrogens (tertiary/aromatic N) is 2. The summed E-state index contributed by atoms with van der Waals surface area (Å²) in [4.78, 5) is 22.9. The SMILES string of the molecule is CC(C)[C@@H](Nc1ccc(C#N)cc1[N+](=O)[O-])C(=O)OC(C)(C)C. The molecule has 0 saturated carbocycles. The fourth-order valence-electron chi connectivity index (χ4n) is 1.90. The lowest BCUT2D eigenvalue weighted by atomic mass is 10.0. The van der Waals surface area contributed by atoms with Crippen LogP contribution in [-0.4, -0.2) is 22.5 Å². The number of benzene rings is 1. The van der Waals surface area contributed by atoms with Crippen LogP contribution in [0.1, 0.15) is 40.2 Å². The molecule has 1 rings (SSSR count). The molecule has 7 heteroatoms. The van der Waals surface area contributed by atoms with E-state index in [-0.39, 0.29) is 22.9 Å². The van der Waals surface area contributed by atoms with Crippen LogP contribution < -0.4 is 5.32 Å². The zero-order chi connectivity index (χ0) is 17.8. The molecule has 23 heavy (non-hydrogen) atoms.